The topological polar surface area (TPSA) is 64.0 Å². The van der Waals surface area contributed by atoms with Crippen LogP contribution in [-0.2, 0) is 11.3 Å². The van der Waals surface area contributed by atoms with Crippen molar-refractivity contribution in [2.45, 2.75) is 13.5 Å². The lowest BCUT2D eigenvalue weighted by Gasteiger charge is -2.06. The Morgan fingerprint density at radius 1 is 1.36 bits per heavy atom. The van der Waals surface area contributed by atoms with E-state index in [4.69, 9.17) is 11.6 Å². The van der Waals surface area contributed by atoms with Crippen LogP contribution in [0.15, 0.2) is 41.2 Å². The highest BCUT2D eigenvalue weighted by atomic mass is 35.5. The van der Waals surface area contributed by atoms with Gasteiger partial charge in [-0.15, -0.1) is 0 Å². The molecule has 0 saturated carbocycles. The molecule has 3 rings (SSSR count). The summed E-state index contributed by atoms with van der Waals surface area (Å²) < 4.78 is 2.22. The van der Waals surface area contributed by atoms with E-state index in [9.17, 15) is 9.59 Å². The SMILES string of the molecule is Cc1cccc(NC(=O)Cn2c(=O)sc3ccc(Cl)cc32)n1. The average Bonchev–Trinajstić information content (AvgIpc) is 2.75. The molecular weight excluding hydrogens is 322 g/mol. The second-order valence-corrected chi connectivity index (χ2v) is 6.21. The van der Waals surface area contributed by atoms with Crippen LogP contribution in [-0.4, -0.2) is 15.5 Å². The highest BCUT2D eigenvalue weighted by Gasteiger charge is 2.12. The third kappa shape index (κ3) is 3.03. The van der Waals surface area contributed by atoms with Crippen molar-refractivity contribution < 1.29 is 4.79 Å². The van der Waals surface area contributed by atoms with E-state index in [-0.39, 0.29) is 17.3 Å². The first-order chi connectivity index (χ1) is 10.5. The summed E-state index contributed by atoms with van der Waals surface area (Å²) in [6, 6.07) is 10.5. The number of benzene rings is 1. The first-order valence-corrected chi connectivity index (χ1v) is 7.75. The third-order valence-corrected chi connectivity index (χ3v) is 4.28. The van der Waals surface area contributed by atoms with Gasteiger partial charge in [-0.25, -0.2) is 4.98 Å². The van der Waals surface area contributed by atoms with Crippen LogP contribution in [0.4, 0.5) is 5.82 Å². The van der Waals surface area contributed by atoms with Gasteiger partial charge in [0.1, 0.15) is 12.4 Å². The van der Waals surface area contributed by atoms with Crippen LogP contribution < -0.4 is 10.2 Å². The first kappa shape index (κ1) is 14.7. The van der Waals surface area contributed by atoms with Crippen molar-refractivity contribution in [3.63, 3.8) is 0 Å². The lowest BCUT2D eigenvalue weighted by Crippen LogP contribution is -2.24. The number of pyridine rings is 1. The highest BCUT2D eigenvalue weighted by molar-refractivity contribution is 7.16. The van der Waals surface area contributed by atoms with Gasteiger partial charge in [0.05, 0.1) is 10.2 Å². The summed E-state index contributed by atoms with van der Waals surface area (Å²) in [6.45, 7) is 1.77. The average molecular weight is 334 g/mol. The van der Waals surface area contributed by atoms with E-state index in [1.165, 1.54) is 4.57 Å². The Morgan fingerprint density at radius 2 is 2.18 bits per heavy atom. The van der Waals surface area contributed by atoms with Crippen LogP contribution in [0.3, 0.4) is 0 Å². The van der Waals surface area contributed by atoms with E-state index >= 15 is 0 Å². The number of anilines is 1. The van der Waals surface area contributed by atoms with Crippen molar-refractivity contribution in [2.75, 3.05) is 5.32 Å². The third-order valence-electron chi connectivity index (χ3n) is 3.09. The zero-order valence-corrected chi connectivity index (χ0v) is 13.2. The summed E-state index contributed by atoms with van der Waals surface area (Å²) in [5.74, 6) is 0.162. The molecule has 0 saturated heterocycles. The number of aromatic nitrogens is 2. The molecule has 0 fully saturated rings. The number of nitrogens with one attached hydrogen (secondary N) is 1. The van der Waals surface area contributed by atoms with E-state index in [0.717, 1.165) is 21.7 Å². The van der Waals surface area contributed by atoms with E-state index in [2.05, 4.69) is 10.3 Å². The molecule has 3 aromatic rings. The Morgan fingerprint density at radius 3 is 2.95 bits per heavy atom. The second kappa shape index (κ2) is 5.90. The lowest BCUT2D eigenvalue weighted by atomic mass is 10.3. The summed E-state index contributed by atoms with van der Waals surface area (Å²) in [6.07, 6.45) is 0. The fraction of sp³-hybridized carbons (Fsp3) is 0.133. The zero-order valence-electron chi connectivity index (χ0n) is 11.7. The van der Waals surface area contributed by atoms with Gasteiger partial charge in [-0.05, 0) is 37.3 Å². The highest BCUT2D eigenvalue weighted by Crippen LogP contribution is 2.21. The number of carbonyl (C=O) groups is 1. The largest absolute Gasteiger partial charge is 0.309 e. The molecule has 5 nitrogen and oxygen atoms in total. The number of carbonyl (C=O) groups excluding carboxylic acids is 1. The molecule has 2 aromatic heterocycles. The van der Waals surface area contributed by atoms with E-state index in [1.54, 1.807) is 24.3 Å². The lowest BCUT2D eigenvalue weighted by molar-refractivity contribution is -0.116. The van der Waals surface area contributed by atoms with Gasteiger partial charge < -0.3 is 5.32 Å². The molecule has 0 aliphatic rings. The predicted octanol–water partition coefficient (Wildman–Crippen LogP) is 3.06. The molecule has 0 spiro atoms. The molecule has 0 bridgehead atoms. The van der Waals surface area contributed by atoms with E-state index in [1.807, 2.05) is 19.1 Å². The molecule has 1 N–H and O–H groups in total. The standard InChI is InChI=1S/C15H12ClN3O2S/c1-9-3-2-4-13(17-9)18-14(20)8-19-11-7-10(16)5-6-12(11)22-15(19)21/h2-7H,8H2,1H3,(H,17,18,20). The predicted molar refractivity (Wildman–Crippen MR) is 88.7 cm³/mol. The fourth-order valence-electron chi connectivity index (χ4n) is 2.12. The minimum absolute atomic E-state index is 0.0746. The van der Waals surface area contributed by atoms with Crippen LogP contribution in [0.2, 0.25) is 5.02 Å². The number of nitrogens with zero attached hydrogens (tertiary/aromatic N) is 2. The van der Waals surface area contributed by atoms with E-state index < -0.39 is 0 Å². The molecule has 0 radical (unpaired) electrons. The molecule has 7 heteroatoms. The Kier molecular flexibility index (Phi) is 3.96. The maximum Gasteiger partial charge on any atom is 0.308 e. The number of fused-ring (bicyclic) bond motifs is 1. The Balaban J connectivity index is 1.86. The minimum Gasteiger partial charge on any atom is -0.309 e. The van der Waals surface area contributed by atoms with Crippen molar-refractivity contribution in [1.29, 1.82) is 0 Å². The molecule has 0 aliphatic carbocycles. The van der Waals surface area contributed by atoms with E-state index in [0.29, 0.717) is 16.4 Å². The number of halogens is 1. The summed E-state index contributed by atoms with van der Waals surface area (Å²) in [7, 11) is 0. The van der Waals surface area contributed by atoms with Gasteiger partial charge in [0.15, 0.2) is 0 Å². The molecule has 2 heterocycles. The van der Waals surface area contributed by atoms with Gasteiger partial charge in [-0.2, -0.15) is 0 Å². The van der Waals surface area contributed by atoms with Crippen LogP contribution in [0.1, 0.15) is 5.69 Å². The zero-order chi connectivity index (χ0) is 15.7. The summed E-state index contributed by atoms with van der Waals surface area (Å²) in [5, 5.41) is 3.22. The molecule has 0 aliphatic heterocycles. The molecule has 1 aromatic carbocycles. The maximum absolute atomic E-state index is 12.1. The van der Waals surface area contributed by atoms with Crippen molar-refractivity contribution in [2.24, 2.45) is 0 Å². The number of thiazole rings is 1. The molecular formula is C15H12ClN3O2S. The van der Waals surface area contributed by atoms with Gasteiger partial charge >= 0.3 is 4.87 Å². The van der Waals surface area contributed by atoms with Crippen molar-refractivity contribution >= 4 is 44.9 Å². The quantitative estimate of drug-likeness (QED) is 0.801. The Bertz CT molecular complexity index is 917. The molecule has 0 atom stereocenters. The number of rotatable bonds is 3. The molecule has 22 heavy (non-hydrogen) atoms. The van der Waals surface area contributed by atoms with Crippen molar-refractivity contribution in [3.8, 4) is 0 Å². The molecule has 1 amide bonds. The number of amides is 1. The van der Waals surface area contributed by atoms with Gasteiger partial charge in [-0.1, -0.05) is 29.0 Å². The molecule has 0 unspecified atom stereocenters. The fourth-order valence-corrected chi connectivity index (χ4v) is 3.16. The van der Waals surface area contributed by atoms with Crippen LogP contribution in [0.5, 0.6) is 0 Å². The van der Waals surface area contributed by atoms with Crippen LogP contribution >= 0.6 is 22.9 Å². The van der Waals surface area contributed by atoms with Gasteiger partial charge in [0.25, 0.3) is 0 Å². The Labute approximate surface area is 135 Å². The molecule has 112 valence electrons. The van der Waals surface area contributed by atoms with Crippen LogP contribution in [0.25, 0.3) is 10.2 Å². The van der Waals surface area contributed by atoms with Crippen LogP contribution in [0, 0.1) is 6.92 Å². The number of hydrogen-bond acceptors (Lipinski definition) is 4. The Hall–Kier alpha value is -2.18. The number of hydrogen-bond donors (Lipinski definition) is 1. The van der Waals surface area contributed by atoms with Gasteiger partial charge in [0.2, 0.25) is 5.91 Å². The summed E-state index contributed by atoms with van der Waals surface area (Å²) >= 11 is 7.05. The van der Waals surface area contributed by atoms with Gasteiger partial charge in [0, 0.05) is 10.7 Å². The monoisotopic (exact) mass is 333 g/mol. The van der Waals surface area contributed by atoms with Gasteiger partial charge in [-0.3, -0.25) is 14.2 Å². The smallest absolute Gasteiger partial charge is 0.308 e. The van der Waals surface area contributed by atoms with Crippen molar-refractivity contribution in [1.82, 2.24) is 9.55 Å². The number of aryl methyl sites for hydroxylation is 1. The summed E-state index contributed by atoms with van der Waals surface area (Å²) in [5.41, 5.74) is 1.47. The first-order valence-electron chi connectivity index (χ1n) is 6.55. The normalized spacial score (nSPS) is 10.8. The minimum atomic E-state index is -0.306. The summed E-state index contributed by atoms with van der Waals surface area (Å²) in [4.78, 5) is 28.2. The van der Waals surface area contributed by atoms with Crippen molar-refractivity contribution in [3.05, 3.63) is 56.8 Å². The maximum atomic E-state index is 12.1. The second-order valence-electron chi connectivity index (χ2n) is 4.78.